The Morgan fingerprint density at radius 3 is 2.36 bits per heavy atom. The molecule has 2 aliphatic rings. The van der Waals surface area contributed by atoms with Crippen LogP contribution >= 0.6 is 11.8 Å². The van der Waals surface area contributed by atoms with Crippen LogP contribution in [-0.4, -0.2) is 11.7 Å². The predicted molar refractivity (Wildman–Crippen MR) is 107 cm³/mol. The van der Waals surface area contributed by atoms with E-state index in [1.165, 1.54) is 27.8 Å². The number of anilines is 1. The highest BCUT2D eigenvalue weighted by Gasteiger charge is 2.34. The Labute approximate surface area is 153 Å². The molecule has 25 heavy (non-hydrogen) atoms. The monoisotopic (exact) mass is 347 g/mol. The van der Waals surface area contributed by atoms with Crippen molar-refractivity contribution in [2.45, 2.75) is 26.1 Å². The van der Waals surface area contributed by atoms with E-state index in [1.807, 2.05) is 4.90 Å². The molecule has 126 valence electrons. The zero-order valence-electron chi connectivity index (χ0n) is 14.7. The third kappa shape index (κ3) is 2.93. The number of rotatable bonds is 3. The van der Waals surface area contributed by atoms with Crippen molar-refractivity contribution in [2.75, 3.05) is 10.7 Å². The molecule has 2 aromatic carbocycles. The van der Waals surface area contributed by atoms with Crippen LogP contribution in [0.4, 0.5) is 5.69 Å². The maximum atomic E-state index is 12.6. The number of aryl methyl sites for hydroxylation is 2. The summed E-state index contributed by atoms with van der Waals surface area (Å²) >= 11 is 1.70. The lowest BCUT2D eigenvalue weighted by Crippen LogP contribution is -2.28. The van der Waals surface area contributed by atoms with Gasteiger partial charge in [0.15, 0.2) is 0 Å². The third-order valence-corrected chi connectivity index (χ3v) is 6.00. The van der Waals surface area contributed by atoms with Gasteiger partial charge >= 0.3 is 0 Å². The highest BCUT2D eigenvalue weighted by molar-refractivity contribution is 8.00. The van der Waals surface area contributed by atoms with Crippen molar-refractivity contribution in [3.8, 4) is 0 Å². The summed E-state index contributed by atoms with van der Waals surface area (Å²) in [5, 5.41) is 0.0581. The summed E-state index contributed by atoms with van der Waals surface area (Å²) < 4.78 is 0. The molecule has 4 rings (SSSR count). The normalized spacial score (nSPS) is 19.6. The summed E-state index contributed by atoms with van der Waals surface area (Å²) in [6.07, 6.45) is 4.39. The minimum Gasteiger partial charge on any atom is -0.295 e. The van der Waals surface area contributed by atoms with Gasteiger partial charge in [-0.3, -0.25) is 9.69 Å². The largest absolute Gasteiger partial charge is 0.295 e. The fourth-order valence-electron chi connectivity index (χ4n) is 3.41. The fraction of sp³-hybridized carbons (Fsp3) is 0.227. The molecule has 2 aromatic rings. The molecule has 1 amide bonds. The predicted octanol–water partition coefficient (Wildman–Crippen LogP) is 5.43. The lowest BCUT2D eigenvalue weighted by molar-refractivity contribution is -0.115. The Kier molecular flexibility index (Phi) is 4.04. The minimum atomic E-state index is 0.0581. The molecular weight excluding hydrogens is 326 g/mol. The first-order chi connectivity index (χ1) is 12.0. The van der Waals surface area contributed by atoms with Crippen LogP contribution in [0.2, 0.25) is 0 Å². The van der Waals surface area contributed by atoms with Gasteiger partial charge in [-0.05, 0) is 60.7 Å². The Morgan fingerprint density at radius 2 is 1.72 bits per heavy atom. The van der Waals surface area contributed by atoms with Gasteiger partial charge in [0.2, 0.25) is 5.91 Å². The Hall–Kier alpha value is -2.26. The van der Waals surface area contributed by atoms with Crippen LogP contribution in [0.3, 0.4) is 0 Å². The molecule has 1 heterocycles. The minimum absolute atomic E-state index is 0.0581. The molecule has 0 saturated carbocycles. The molecular formula is C22H21NOS. The Bertz CT molecular complexity index is 908. The van der Waals surface area contributed by atoms with Crippen LogP contribution in [0.15, 0.2) is 60.2 Å². The van der Waals surface area contributed by atoms with Crippen molar-refractivity contribution < 1.29 is 4.79 Å². The Morgan fingerprint density at radius 1 is 1.00 bits per heavy atom. The topological polar surface area (TPSA) is 20.3 Å². The second kappa shape index (κ2) is 6.23. The summed E-state index contributed by atoms with van der Waals surface area (Å²) in [5.41, 5.74) is 8.38. The lowest BCUT2D eigenvalue weighted by Gasteiger charge is -2.26. The molecule has 1 fully saturated rings. The number of hydrogen-bond donors (Lipinski definition) is 0. The average Bonchev–Trinajstić information content (AvgIpc) is 2.94. The van der Waals surface area contributed by atoms with Crippen molar-refractivity contribution in [3.05, 3.63) is 82.4 Å². The van der Waals surface area contributed by atoms with Gasteiger partial charge in [0.1, 0.15) is 5.37 Å². The van der Waals surface area contributed by atoms with E-state index in [0.717, 1.165) is 11.3 Å². The van der Waals surface area contributed by atoms with Crippen molar-refractivity contribution in [1.82, 2.24) is 0 Å². The fourth-order valence-corrected chi connectivity index (χ4v) is 4.58. The number of benzene rings is 2. The number of allylic oxidation sites excluding steroid dienone is 4. The molecule has 0 aromatic heterocycles. The van der Waals surface area contributed by atoms with Crippen LogP contribution in [0, 0.1) is 13.8 Å². The second-order valence-electron chi connectivity index (χ2n) is 6.83. The van der Waals surface area contributed by atoms with E-state index in [4.69, 9.17) is 0 Å². The zero-order chi connectivity index (χ0) is 17.6. The number of carbonyl (C=O) groups is 1. The van der Waals surface area contributed by atoms with Gasteiger partial charge in [0, 0.05) is 5.69 Å². The molecule has 0 bridgehead atoms. The van der Waals surface area contributed by atoms with E-state index >= 15 is 0 Å². The van der Waals surface area contributed by atoms with E-state index in [-0.39, 0.29) is 11.3 Å². The molecule has 1 atom stereocenters. The van der Waals surface area contributed by atoms with Gasteiger partial charge < -0.3 is 0 Å². The summed E-state index contributed by atoms with van der Waals surface area (Å²) in [7, 11) is 0. The quantitative estimate of drug-likeness (QED) is 0.738. The number of thioether (sulfide) groups is 1. The first-order valence-electron chi connectivity index (χ1n) is 8.54. The van der Waals surface area contributed by atoms with E-state index in [1.54, 1.807) is 11.8 Å². The maximum absolute atomic E-state index is 12.6. The summed E-state index contributed by atoms with van der Waals surface area (Å²) in [6.45, 7) is 6.29. The molecule has 0 spiro atoms. The Balaban J connectivity index is 1.68. The van der Waals surface area contributed by atoms with Crippen molar-refractivity contribution >= 4 is 28.9 Å². The summed E-state index contributed by atoms with van der Waals surface area (Å²) in [5.74, 6) is 0.720. The van der Waals surface area contributed by atoms with E-state index in [0.29, 0.717) is 5.75 Å². The molecule has 3 heteroatoms. The molecule has 0 N–H and O–H groups in total. The summed E-state index contributed by atoms with van der Waals surface area (Å²) in [4.78, 5) is 14.6. The van der Waals surface area contributed by atoms with Crippen LogP contribution < -0.4 is 4.90 Å². The standard InChI is InChI=1S/C22H21NOS/c1-14-4-6-17(7-5-14)22-23(21(24)13-25-22)20-9-8-18(12-16(20)3)19-10-15(2)11-19/h4-12,22H,13H2,1-3H3. The molecule has 1 aliphatic carbocycles. The SMILES string of the molecule is CC1=CC(c2ccc(N3C(=O)CSC3c3ccc(C)cc3)c(C)c2)=C1. The molecule has 1 aliphatic heterocycles. The second-order valence-corrected chi connectivity index (χ2v) is 7.90. The lowest BCUT2D eigenvalue weighted by atomic mass is 9.92. The van der Waals surface area contributed by atoms with Crippen LogP contribution in [0.25, 0.3) is 5.57 Å². The van der Waals surface area contributed by atoms with E-state index in [2.05, 4.69) is 75.4 Å². The van der Waals surface area contributed by atoms with Crippen molar-refractivity contribution in [3.63, 3.8) is 0 Å². The van der Waals surface area contributed by atoms with E-state index < -0.39 is 0 Å². The van der Waals surface area contributed by atoms with Gasteiger partial charge in [-0.25, -0.2) is 0 Å². The average molecular weight is 347 g/mol. The number of nitrogens with zero attached hydrogens (tertiary/aromatic N) is 1. The smallest absolute Gasteiger partial charge is 0.238 e. The summed E-state index contributed by atoms with van der Waals surface area (Å²) in [6, 6.07) is 14.9. The van der Waals surface area contributed by atoms with Gasteiger partial charge in [-0.2, -0.15) is 0 Å². The maximum Gasteiger partial charge on any atom is 0.238 e. The first-order valence-corrected chi connectivity index (χ1v) is 9.59. The molecule has 1 saturated heterocycles. The van der Waals surface area contributed by atoms with Crippen LogP contribution in [-0.2, 0) is 4.79 Å². The van der Waals surface area contributed by atoms with Gasteiger partial charge in [-0.1, -0.05) is 48.0 Å². The van der Waals surface area contributed by atoms with Gasteiger partial charge in [-0.15, -0.1) is 11.8 Å². The highest BCUT2D eigenvalue weighted by Crippen LogP contribution is 2.43. The van der Waals surface area contributed by atoms with E-state index in [9.17, 15) is 4.79 Å². The third-order valence-electron chi connectivity index (χ3n) is 4.79. The van der Waals surface area contributed by atoms with Gasteiger partial charge in [0.05, 0.1) is 5.75 Å². The zero-order valence-corrected chi connectivity index (χ0v) is 15.6. The number of carbonyl (C=O) groups excluding carboxylic acids is 1. The van der Waals surface area contributed by atoms with Gasteiger partial charge in [0.25, 0.3) is 0 Å². The first kappa shape index (κ1) is 16.2. The highest BCUT2D eigenvalue weighted by atomic mass is 32.2. The van der Waals surface area contributed by atoms with Crippen LogP contribution in [0.1, 0.15) is 34.6 Å². The molecule has 0 radical (unpaired) electrons. The molecule has 1 unspecified atom stereocenters. The van der Waals surface area contributed by atoms with Crippen molar-refractivity contribution in [1.29, 1.82) is 0 Å². The number of amides is 1. The van der Waals surface area contributed by atoms with Crippen molar-refractivity contribution in [2.24, 2.45) is 0 Å². The number of hydrogen-bond acceptors (Lipinski definition) is 2. The van der Waals surface area contributed by atoms with Crippen LogP contribution in [0.5, 0.6) is 0 Å². The molecule has 2 nitrogen and oxygen atoms in total.